The molecule has 0 radical (unpaired) electrons. The number of carboxylic acids is 1. The van der Waals surface area contributed by atoms with Crippen LogP contribution in [0, 0.1) is 13.8 Å². The van der Waals surface area contributed by atoms with E-state index in [9.17, 15) is 4.79 Å². The number of aryl methyl sites for hydroxylation is 2. The van der Waals surface area contributed by atoms with Crippen LogP contribution in [0.5, 0.6) is 0 Å². The number of aromatic carboxylic acids is 1. The second kappa shape index (κ2) is 3.73. The van der Waals surface area contributed by atoms with Gasteiger partial charge in [-0.1, -0.05) is 0 Å². The first-order chi connectivity index (χ1) is 7.56. The lowest BCUT2D eigenvalue weighted by molar-refractivity contribution is 0.0690. The summed E-state index contributed by atoms with van der Waals surface area (Å²) in [4.78, 5) is 19.0. The van der Waals surface area contributed by atoms with E-state index in [0.29, 0.717) is 11.6 Å². The molecular formula is C10H10N4O2. The zero-order valence-electron chi connectivity index (χ0n) is 8.88. The number of hydrogen-bond donors (Lipinski definition) is 1. The summed E-state index contributed by atoms with van der Waals surface area (Å²) in [6.07, 6.45) is 1.56. The van der Waals surface area contributed by atoms with Crippen molar-refractivity contribution in [1.29, 1.82) is 0 Å². The van der Waals surface area contributed by atoms with E-state index in [1.54, 1.807) is 19.2 Å². The van der Waals surface area contributed by atoms with Gasteiger partial charge in [0.2, 0.25) is 0 Å². The minimum atomic E-state index is -1.05. The van der Waals surface area contributed by atoms with Gasteiger partial charge in [-0.25, -0.2) is 19.4 Å². The van der Waals surface area contributed by atoms with Crippen molar-refractivity contribution in [1.82, 2.24) is 19.7 Å². The Kier molecular flexibility index (Phi) is 2.40. The molecule has 16 heavy (non-hydrogen) atoms. The highest BCUT2D eigenvalue weighted by atomic mass is 16.4. The number of carbonyl (C=O) groups is 1. The second-order valence-electron chi connectivity index (χ2n) is 3.37. The molecule has 0 aromatic carbocycles. The Hall–Kier alpha value is -2.24. The molecule has 0 saturated carbocycles. The second-order valence-corrected chi connectivity index (χ2v) is 3.37. The van der Waals surface area contributed by atoms with Gasteiger partial charge in [-0.05, 0) is 19.9 Å². The summed E-state index contributed by atoms with van der Waals surface area (Å²) in [6.45, 7) is 3.62. The molecule has 0 aliphatic carbocycles. The zero-order valence-corrected chi connectivity index (χ0v) is 8.88. The number of rotatable bonds is 2. The molecule has 6 nitrogen and oxygen atoms in total. The standard InChI is InChI=1S/C10H10N4O2/c1-6-5-9(12-7(2)11-6)14-4-3-8(13-14)10(15)16/h3-5H,1-2H3,(H,15,16). The van der Waals surface area contributed by atoms with Crippen LogP contribution >= 0.6 is 0 Å². The molecule has 0 unspecified atom stereocenters. The Labute approximate surface area is 91.6 Å². The molecule has 0 aliphatic heterocycles. The monoisotopic (exact) mass is 218 g/mol. The molecule has 0 saturated heterocycles. The molecule has 0 spiro atoms. The highest BCUT2D eigenvalue weighted by molar-refractivity contribution is 5.85. The van der Waals surface area contributed by atoms with Crippen LogP contribution in [0.1, 0.15) is 22.0 Å². The minimum Gasteiger partial charge on any atom is -0.476 e. The van der Waals surface area contributed by atoms with E-state index in [-0.39, 0.29) is 5.69 Å². The van der Waals surface area contributed by atoms with Crippen molar-refractivity contribution in [2.75, 3.05) is 0 Å². The molecule has 0 amide bonds. The number of carboxylic acid groups (broad SMARTS) is 1. The lowest BCUT2D eigenvalue weighted by Gasteiger charge is -2.02. The van der Waals surface area contributed by atoms with Crippen LogP contribution in [-0.2, 0) is 0 Å². The quantitative estimate of drug-likeness (QED) is 0.812. The third-order valence-corrected chi connectivity index (χ3v) is 2.00. The highest BCUT2D eigenvalue weighted by Gasteiger charge is 2.08. The molecule has 2 heterocycles. The highest BCUT2D eigenvalue weighted by Crippen LogP contribution is 2.06. The lowest BCUT2D eigenvalue weighted by atomic mass is 10.4. The van der Waals surface area contributed by atoms with Gasteiger partial charge in [0.15, 0.2) is 11.5 Å². The van der Waals surface area contributed by atoms with Crippen LogP contribution in [0.2, 0.25) is 0 Å². The van der Waals surface area contributed by atoms with Gasteiger partial charge in [0.25, 0.3) is 0 Å². The van der Waals surface area contributed by atoms with Gasteiger partial charge in [0, 0.05) is 18.0 Å². The van der Waals surface area contributed by atoms with Crippen molar-refractivity contribution in [3.8, 4) is 5.82 Å². The van der Waals surface area contributed by atoms with Gasteiger partial charge in [-0.3, -0.25) is 0 Å². The maximum Gasteiger partial charge on any atom is 0.356 e. The summed E-state index contributed by atoms with van der Waals surface area (Å²) in [7, 11) is 0. The Balaban J connectivity index is 2.46. The molecule has 82 valence electrons. The fraction of sp³-hybridized carbons (Fsp3) is 0.200. The van der Waals surface area contributed by atoms with Crippen molar-refractivity contribution >= 4 is 5.97 Å². The van der Waals surface area contributed by atoms with Gasteiger partial charge < -0.3 is 5.11 Å². The van der Waals surface area contributed by atoms with Crippen molar-refractivity contribution < 1.29 is 9.90 Å². The first-order valence-corrected chi connectivity index (χ1v) is 4.68. The molecule has 2 rings (SSSR count). The summed E-state index contributed by atoms with van der Waals surface area (Å²) < 4.78 is 1.42. The van der Waals surface area contributed by atoms with Crippen molar-refractivity contribution in [2.45, 2.75) is 13.8 Å². The van der Waals surface area contributed by atoms with Gasteiger partial charge in [0.1, 0.15) is 5.82 Å². The van der Waals surface area contributed by atoms with E-state index in [0.717, 1.165) is 5.69 Å². The molecule has 6 heteroatoms. The van der Waals surface area contributed by atoms with Gasteiger partial charge >= 0.3 is 5.97 Å². The summed E-state index contributed by atoms with van der Waals surface area (Å²) in [6, 6.07) is 3.17. The van der Waals surface area contributed by atoms with E-state index in [1.165, 1.54) is 10.7 Å². The molecule has 0 atom stereocenters. The molecule has 0 fully saturated rings. The maximum absolute atomic E-state index is 10.7. The smallest absolute Gasteiger partial charge is 0.356 e. The summed E-state index contributed by atoms with van der Waals surface area (Å²) >= 11 is 0. The van der Waals surface area contributed by atoms with Crippen LogP contribution < -0.4 is 0 Å². The maximum atomic E-state index is 10.7. The van der Waals surface area contributed by atoms with E-state index in [1.807, 2.05) is 6.92 Å². The Morgan fingerprint density at radius 1 is 1.38 bits per heavy atom. The average molecular weight is 218 g/mol. The Bertz CT molecular complexity index is 527. The van der Waals surface area contributed by atoms with Crippen LogP contribution in [0.3, 0.4) is 0 Å². The van der Waals surface area contributed by atoms with E-state index < -0.39 is 5.97 Å². The van der Waals surface area contributed by atoms with E-state index in [4.69, 9.17) is 5.11 Å². The Morgan fingerprint density at radius 2 is 2.12 bits per heavy atom. The third kappa shape index (κ3) is 1.90. The van der Waals surface area contributed by atoms with Crippen LogP contribution in [0.25, 0.3) is 5.82 Å². The number of aromatic nitrogens is 4. The fourth-order valence-corrected chi connectivity index (χ4v) is 1.38. The zero-order chi connectivity index (χ0) is 11.7. The number of nitrogens with zero attached hydrogens (tertiary/aromatic N) is 4. The largest absolute Gasteiger partial charge is 0.476 e. The molecule has 0 aliphatic rings. The van der Waals surface area contributed by atoms with E-state index >= 15 is 0 Å². The van der Waals surface area contributed by atoms with Crippen molar-refractivity contribution in [2.24, 2.45) is 0 Å². The SMILES string of the molecule is Cc1cc(-n2ccc(C(=O)O)n2)nc(C)n1. The molecular weight excluding hydrogens is 208 g/mol. The summed E-state index contributed by atoms with van der Waals surface area (Å²) in [5.74, 6) is 0.140. The predicted molar refractivity (Wildman–Crippen MR) is 55.6 cm³/mol. The molecule has 0 bridgehead atoms. The first kappa shape index (κ1) is 10.3. The summed E-state index contributed by atoms with van der Waals surface area (Å²) in [5.41, 5.74) is 0.809. The topological polar surface area (TPSA) is 80.9 Å². The average Bonchev–Trinajstić information content (AvgIpc) is 2.64. The van der Waals surface area contributed by atoms with Gasteiger partial charge in [-0.15, -0.1) is 0 Å². The fourth-order valence-electron chi connectivity index (χ4n) is 1.38. The normalized spacial score (nSPS) is 10.4. The lowest BCUT2D eigenvalue weighted by Crippen LogP contribution is -2.04. The van der Waals surface area contributed by atoms with E-state index in [2.05, 4.69) is 15.1 Å². The van der Waals surface area contributed by atoms with Crippen LogP contribution in [0.4, 0.5) is 0 Å². The number of hydrogen-bond acceptors (Lipinski definition) is 4. The first-order valence-electron chi connectivity index (χ1n) is 4.68. The van der Waals surface area contributed by atoms with Gasteiger partial charge in [-0.2, -0.15) is 5.10 Å². The Morgan fingerprint density at radius 3 is 2.69 bits per heavy atom. The molecule has 2 aromatic rings. The van der Waals surface area contributed by atoms with Crippen molar-refractivity contribution in [3.63, 3.8) is 0 Å². The van der Waals surface area contributed by atoms with Crippen LogP contribution in [-0.4, -0.2) is 30.8 Å². The molecule has 2 aromatic heterocycles. The molecule has 1 N–H and O–H groups in total. The van der Waals surface area contributed by atoms with Gasteiger partial charge in [0.05, 0.1) is 0 Å². The summed E-state index contributed by atoms with van der Waals surface area (Å²) in [5, 5.41) is 12.6. The van der Waals surface area contributed by atoms with Crippen molar-refractivity contribution in [3.05, 3.63) is 35.5 Å². The minimum absolute atomic E-state index is 0.00563. The third-order valence-electron chi connectivity index (χ3n) is 2.00. The van der Waals surface area contributed by atoms with Crippen LogP contribution in [0.15, 0.2) is 18.3 Å². The predicted octanol–water partition coefficient (Wildman–Crippen LogP) is 0.977.